The molecule has 0 amide bonds. The molecule has 0 unspecified atom stereocenters. The van der Waals surface area contributed by atoms with Crippen LogP contribution in [0.15, 0.2) is 79.0 Å². The second-order valence-electron chi connectivity index (χ2n) is 16.8. The summed E-state index contributed by atoms with van der Waals surface area (Å²) in [6.07, 6.45) is 1.86. The Labute approximate surface area is 329 Å². The van der Waals surface area contributed by atoms with Crippen molar-refractivity contribution in [3.63, 3.8) is 0 Å². The molecule has 5 nitrogen and oxygen atoms in total. The zero-order valence-corrected chi connectivity index (χ0v) is 34.7. The van der Waals surface area contributed by atoms with Gasteiger partial charge in [0.2, 0.25) is 0 Å². The van der Waals surface area contributed by atoms with Crippen molar-refractivity contribution in [1.29, 1.82) is 0 Å². The molecule has 0 bridgehead atoms. The van der Waals surface area contributed by atoms with Crippen LogP contribution in [0.4, 0.5) is 0 Å². The van der Waals surface area contributed by atoms with Crippen molar-refractivity contribution in [3.8, 4) is 34.1 Å². The summed E-state index contributed by atoms with van der Waals surface area (Å²) in [5.74, 6) is 2.36. The van der Waals surface area contributed by atoms with Crippen LogP contribution in [0.1, 0.15) is 101 Å². The largest absolute Gasteiger partial charge is 2.00 e. The number of fused-ring (bicyclic) bond motifs is 3. The maximum Gasteiger partial charge on any atom is 2.00 e. The van der Waals surface area contributed by atoms with Gasteiger partial charge in [0.25, 0.3) is 0 Å². The van der Waals surface area contributed by atoms with E-state index in [1.165, 1.54) is 33.5 Å². The van der Waals surface area contributed by atoms with E-state index >= 15 is 0 Å². The summed E-state index contributed by atoms with van der Waals surface area (Å²) in [7, 11) is 0. The first-order valence-electron chi connectivity index (χ1n) is 18.4. The molecule has 0 radical (unpaired) electrons. The van der Waals surface area contributed by atoms with Gasteiger partial charge in [-0.3, -0.25) is 4.68 Å². The van der Waals surface area contributed by atoms with E-state index in [1.807, 2.05) is 18.3 Å². The normalized spacial score (nSPS) is 12.2. The first-order valence-corrected chi connectivity index (χ1v) is 18.4. The van der Waals surface area contributed by atoms with E-state index < -0.39 is 0 Å². The SMILES string of the molecule is Cc1ccnc(-n2c3[c-]c(Oc4[c-]c(-n5nc(C(C)(C)C)c(-c6c(C)cc(C)cc6C)c5C(C)(C)C)cc(C(C)C)c4)ccc3c3ccccc32)c1.[Pd+2]. The average Bonchev–Trinajstić information content (AvgIpc) is 3.61. The summed E-state index contributed by atoms with van der Waals surface area (Å²) >= 11 is 0. The van der Waals surface area contributed by atoms with E-state index in [1.54, 1.807) is 0 Å². The van der Waals surface area contributed by atoms with Gasteiger partial charge in [-0.25, -0.2) is 4.98 Å². The first-order chi connectivity index (χ1) is 24.5. The van der Waals surface area contributed by atoms with Crippen molar-refractivity contribution in [2.75, 3.05) is 0 Å². The van der Waals surface area contributed by atoms with Crippen LogP contribution in [0, 0.1) is 39.8 Å². The minimum absolute atomic E-state index is 0. The minimum Gasteiger partial charge on any atom is -0.509 e. The molecule has 3 aromatic heterocycles. The molecular weight excluding hydrogens is 743 g/mol. The number of hydrogen-bond donors (Lipinski definition) is 0. The second kappa shape index (κ2) is 14.1. The third-order valence-electron chi connectivity index (χ3n) is 9.89. The van der Waals surface area contributed by atoms with Crippen molar-refractivity contribution in [3.05, 3.63) is 130 Å². The smallest absolute Gasteiger partial charge is 0.509 e. The summed E-state index contributed by atoms with van der Waals surface area (Å²) in [5, 5.41) is 7.73. The molecule has 7 aromatic rings. The van der Waals surface area contributed by atoms with Gasteiger partial charge in [0.15, 0.2) is 0 Å². The van der Waals surface area contributed by atoms with Gasteiger partial charge < -0.3 is 9.30 Å². The Hall–Kier alpha value is -4.50. The summed E-state index contributed by atoms with van der Waals surface area (Å²) in [5.41, 5.74) is 13.3. The summed E-state index contributed by atoms with van der Waals surface area (Å²) < 4.78 is 11.0. The molecule has 3 heterocycles. The number of ether oxygens (including phenoxy) is 1. The van der Waals surface area contributed by atoms with Gasteiger partial charge >= 0.3 is 20.4 Å². The van der Waals surface area contributed by atoms with E-state index in [0.29, 0.717) is 11.5 Å². The number of hydrogen-bond acceptors (Lipinski definition) is 3. The standard InChI is InChI=1S/C47H50N4O.Pd/c1-28(2)33-24-34(51-45(47(10,11)12)43(44(49-51)46(7,8)9)42-31(5)21-30(4)22-32(42)6)26-36(25-33)52-35-17-18-38-37-15-13-14-16-39(37)50(40(38)27-35)41-23-29(3)19-20-48-41;/h13-25,28H,1-12H3;/q-2;+2. The summed E-state index contributed by atoms with van der Waals surface area (Å²) in [4.78, 5) is 4.75. The number of nitrogens with zero attached hydrogens (tertiary/aromatic N) is 4. The van der Waals surface area contributed by atoms with E-state index in [9.17, 15) is 0 Å². The first kappa shape index (κ1) is 38.2. The molecule has 0 aliphatic carbocycles. The number of para-hydroxylation sites is 1. The van der Waals surface area contributed by atoms with Crippen LogP contribution in [-0.2, 0) is 31.3 Å². The Morgan fingerprint density at radius 2 is 1.40 bits per heavy atom. The van der Waals surface area contributed by atoms with Gasteiger partial charge in [-0.1, -0.05) is 96.8 Å². The van der Waals surface area contributed by atoms with Crippen molar-refractivity contribution < 1.29 is 25.2 Å². The third kappa shape index (κ3) is 7.12. The average molecular weight is 793 g/mol. The molecule has 0 saturated heterocycles. The second-order valence-corrected chi connectivity index (χ2v) is 16.8. The van der Waals surface area contributed by atoms with Crippen molar-refractivity contribution >= 4 is 21.8 Å². The van der Waals surface area contributed by atoms with Crippen molar-refractivity contribution in [2.45, 2.75) is 99.8 Å². The third-order valence-corrected chi connectivity index (χ3v) is 9.89. The molecule has 0 aliphatic rings. The van der Waals surface area contributed by atoms with E-state index in [0.717, 1.165) is 50.1 Å². The van der Waals surface area contributed by atoms with Crippen LogP contribution < -0.4 is 4.74 Å². The molecule has 0 aliphatic heterocycles. The molecule has 0 saturated carbocycles. The Bertz CT molecular complexity index is 2460. The number of rotatable bonds is 6. The topological polar surface area (TPSA) is 44.9 Å². The van der Waals surface area contributed by atoms with Crippen LogP contribution in [0.3, 0.4) is 0 Å². The van der Waals surface area contributed by atoms with Gasteiger partial charge in [0.05, 0.1) is 11.4 Å². The molecule has 0 atom stereocenters. The Kier molecular flexibility index (Phi) is 10.1. The fourth-order valence-corrected chi connectivity index (χ4v) is 7.61. The van der Waals surface area contributed by atoms with E-state index in [4.69, 9.17) is 14.8 Å². The van der Waals surface area contributed by atoms with Crippen molar-refractivity contribution in [2.24, 2.45) is 0 Å². The Morgan fingerprint density at radius 3 is 2.04 bits per heavy atom. The monoisotopic (exact) mass is 792 g/mol. The molecule has 53 heavy (non-hydrogen) atoms. The zero-order chi connectivity index (χ0) is 37.3. The quantitative estimate of drug-likeness (QED) is 0.124. The number of aryl methyl sites for hydroxylation is 4. The van der Waals surface area contributed by atoms with E-state index in [2.05, 4.69) is 165 Å². The van der Waals surface area contributed by atoms with Crippen LogP contribution >= 0.6 is 0 Å². The van der Waals surface area contributed by atoms with Gasteiger partial charge in [0.1, 0.15) is 5.82 Å². The fraction of sp³-hybridized carbons (Fsp3) is 0.319. The van der Waals surface area contributed by atoms with Crippen LogP contribution in [-0.4, -0.2) is 19.3 Å². The number of benzene rings is 4. The molecule has 274 valence electrons. The molecule has 7 rings (SSSR count). The van der Waals surface area contributed by atoms with Gasteiger partial charge in [-0.05, 0) is 85.1 Å². The molecule has 0 N–H and O–H groups in total. The Balaban J connectivity index is 0.00000481. The Morgan fingerprint density at radius 1 is 0.698 bits per heavy atom. The fourth-order valence-electron chi connectivity index (χ4n) is 7.61. The zero-order valence-electron chi connectivity index (χ0n) is 33.1. The predicted molar refractivity (Wildman–Crippen MR) is 216 cm³/mol. The molecule has 0 fully saturated rings. The van der Waals surface area contributed by atoms with Gasteiger partial charge in [0, 0.05) is 39.6 Å². The molecular formula is C47H50N4OPd. The van der Waals surface area contributed by atoms with E-state index in [-0.39, 0.29) is 37.2 Å². The molecule has 6 heteroatoms. The predicted octanol–water partition coefficient (Wildman–Crippen LogP) is 12.4. The van der Waals surface area contributed by atoms with Crippen LogP contribution in [0.2, 0.25) is 0 Å². The van der Waals surface area contributed by atoms with Crippen LogP contribution in [0.25, 0.3) is 44.4 Å². The van der Waals surface area contributed by atoms with Gasteiger partial charge in [-0.2, -0.15) is 11.2 Å². The number of aromatic nitrogens is 4. The maximum atomic E-state index is 6.73. The van der Waals surface area contributed by atoms with Crippen molar-refractivity contribution in [1.82, 2.24) is 19.3 Å². The molecule has 0 spiro atoms. The maximum absolute atomic E-state index is 6.73. The molecule has 4 aromatic carbocycles. The summed E-state index contributed by atoms with van der Waals surface area (Å²) in [6.45, 7) is 26.8. The summed E-state index contributed by atoms with van der Waals surface area (Å²) in [6, 6.07) is 32.9. The number of pyridine rings is 1. The minimum atomic E-state index is -0.228. The van der Waals surface area contributed by atoms with Crippen LogP contribution in [0.5, 0.6) is 11.5 Å². The van der Waals surface area contributed by atoms with Gasteiger partial charge in [-0.15, -0.1) is 41.3 Å².